The van der Waals surface area contributed by atoms with Crippen molar-refractivity contribution < 1.29 is 0 Å². The van der Waals surface area contributed by atoms with Crippen molar-refractivity contribution in [1.82, 2.24) is 4.57 Å². The summed E-state index contributed by atoms with van der Waals surface area (Å²) in [5.41, 5.74) is 11.0. The van der Waals surface area contributed by atoms with Crippen molar-refractivity contribution >= 4 is 10.9 Å². The van der Waals surface area contributed by atoms with E-state index >= 15 is 0 Å². The molecule has 1 aromatic carbocycles. The molecule has 2 rings (SSSR count). The Morgan fingerprint density at radius 1 is 1.17 bits per heavy atom. The van der Waals surface area contributed by atoms with Crippen molar-refractivity contribution in [2.24, 2.45) is 12.8 Å². The number of fused-ring (bicyclic) bond motifs is 1. The Morgan fingerprint density at radius 3 is 2.39 bits per heavy atom. The topological polar surface area (TPSA) is 48.0 Å². The lowest BCUT2D eigenvalue weighted by molar-refractivity contribution is 0.846. The molecule has 3 nitrogen and oxygen atoms in total. The van der Waals surface area contributed by atoms with Crippen molar-refractivity contribution in [3.05, 3.63) is 44.7 Å². The van der Waals surface area contributed by atoms with E-state index < -0.39 is 0 Å². The predicted octanol–water partition coefficient (Wildman–Crippen LogP) is 1.96. The molecule has 2 aromatic rings. The van der Waals surface area contributed by atoms with Crippen molar-refractivity contribution in [1.29, 1.82) is 0 Å². The van der Waals surface area contributed by atoms with E-state index in [0.29, 0.717) is 13.0 Å². The number of hydrogen-bond acceptors (Lipinski definition) is 2. The molecule has 0 amide bonds. The molecule has 0 aliphatic carbocycles. The highest BCUT2D eigenvalue weighted by molar-refractivity contribution is 5.89. The van der Waals surface area contributed by atoms with Crippen LogP contribution < -0.4 is 11.3 Å². The Balaban J connectivity index is 3.03. The van der Waals surface area contributed by atoms with Gasteiger partial charge in [0, 0.05) is 18.0 Å². The van der Waals surface area contributed by atoms with Crippen LogP contribution in [0.15, 0.2) is 16.9 Å². The van der Waals surface area contributed by atoms with Gasteiger partial charge < -0.3 is 10.3 Å². The van der Waals surface area contributed by atoms with E-state index in [1.54, 1.807) is 4.57 Å². The van der Waals surface area contributed by atoms with Crippen LogP contribution in [0.1, 0.15) is 22.3 Å². The van der Waals surface area contributed by atoms with E-state index in [9.17, 15) is 4.79 Å². The molecular formula is C15H20N2O. The molecule has 0 bridgehead atoms. The summed E-state index contributed by atoms with van der Waals surface area (Å²) in [6.07, 6.45) is 0.641. The Morgan fingerprint density at radius 2 is 1.78 bits per heavy atom. The molecular weight excluding hydrogens is 224 g/mol. The molecule has 0 saturated carbocycles. The van der Waals surface area contributed by atoms with Crippen LogP contribution in [0, 0.1) is 20.8 Å². The number of rotatable bonds is 2. The fraction of sp³-hybridized carbons (Fsp3) is 0.400. The molecule has 96 valence electrons. The smallest absolute Gasteiger partial charge is 0.254 e. The SMILES string of the molecule is Cc1ccc(C)c2c1c(C)c(CCN)c(=O)n2C. The molecule has 0 saturated heterocycles. The highest BCUT2D eigenvalue weighted by Gasteiger charge is 2.14. The Hall–Kier alpha value is -1.61. The van der Waals surface area contributed by atoms with Gasteiger partial charge in [-0.1, -0.05) is 12.1 Å². The van der Waals surface area contributed by atoms with E-state index in [4.69, 9.17) is 5.73 Å². The number of hydrogen-bond donors (Lipinski definition) is 1. The van der Waals surface area contributed by atoms with Gasteiger partial charge in [0.25, 0.3) is 5.56 Å². The number of nitrogens with two attached hydrogens (primary N) is 1. The third-order valence-corrected chi connectivity index (χ3v) is 3.71. The van der Waals surface area contributed by atoms with E-state index in [2.05, 4.69) is 19.1 Å². The second-order valence-electron chi connectivity index (χ2n) is 4.93. The highest BCUT2D eigenvalue weighted by atomic mass is 16.1. The minimum absolute atomic E-state index is 0.0825. The van der Waals surface area contributed by atoms with Crippen molar-refractivity contribution in [3.8, 4) is 0 Å². The van der Waals surface area contributed by atoms with Gasteiger partial charge in [0.1, 0.15) is 0 Å². The summed E-state index contributed by atoms with van der Waals surface area (Å²) in [6.45, 7) is 6.67. The molecule has 2 N–H and O–H groups in total. The Labute approximate surface area is 107 Å². The monoisotopic (exact) mass is 244 g/mol. The van der Waals surface area contributed by atoms with Gasteiger partial charge in [0.2, 0.25) is 0 Å². The lowest BCUT2D eigenvalue weighted by Gasteiger charge is -2.16. The molecule has 18 heavy (non-hydrogen) atoms. The van der Waals surface area contributed by atoms with Gasteiger partial charge in [-0.25, -0.2) is 0 Å². The third kappa shape index (κ3) is 1.75. The van der Waals surface area contributed by atoms with Gasteiger partial charge in [-0.3, -0.25) is 4.79 Å². The van der Waals surface area contributed by atoms with E-state index in [1.165, 1.54) is 10.9 Å². The summed E-state index contributed by atoms with van der Waals surface area (Å²) < 4.78 is 1.76. The summed E-state index contributed by atoms with van der Waals surface area (Å²) in [5.74, 6) is 0. The number of aromatic nitrogens is 1. The Kier molecular flexibility index (Phi) is 3.26. The molecule has 0 radical (unpaired) electrons. The molecule has 0 aliphatic heterocycles. The van der Waals surface area contributed by atoms with Crippen LogP contribution in [0.4, 0.5) is 0 Å². The molecule has 0 aliphatic rings. The van der Waals surface area contributed by atoms with Crippen LogP contribution in [0.5, 0.6) is 0 Å². The average Bonchev–Trinajstić information content (AvgIpc) is 2.34. The molecule has 3 heteroatoms. The first-order valence-corrected chi connectivity index (χ1v) is 6.27. The number of nitrogens with zero attached hydrogens (tertiary/aromatic N) is 1. The van der Waals surface area contributed by atoms with Crippen LogP contribution in [-0.4, -0.2) is 11.1 Å². The molecule has 0 unspecified atom stereocenters. The Bertz CT molecular complexity index is 668. The maximum atomic E-state index is 12.4. The fourth-order valence-electron chi connectivity index (χ4n) is 2.76. The van der Waals surface area contributed by atoms with Gasteiger partial charge in [0.05, 0.1) is 5.52 Å². The van der Waals surface area contributed by atoms with E-state index in [1.807, 2.05) is 20.9 Å². The summed E-state index contributed by atoms with van der Waals surface area (Å²) >= 11 is 0. The zero-order valence-electron chi connectivity index (χ0n) is 11.5. The highest BCUT2D eigenvalue weighted by Crippen LogP contribution is 2.25. The lowest BCUT2D eigenvalue weighted by Crippen LogP contribution is -2.25. The molecule has 0 spiro atoms. The minimum atomic E-state index is 0.0825. The first-order valence-electron chi connectivity index (χ1n) is 6.27. The second-order valence-corrected chi connectivity index (χ2v) is 4.93. The summed E-state index contributed by atoms with van der Waals surface area (Å²) in [5, 5.41) is 1.19. The van der Waals surface area contributed by atoms with Crippen molar-refractivity contribution in [2.45, 2.75) is 27.2 Å². The van der Waals surface area contributed by atoms with Gasteiger partial charge >= 0.3 is 0 Å². The quantitative estimate of drug-likeness (QED) is 0.878. The number of benzene rings is 1. The third-order valence-electron chi connectivity index (χ3n) is 3.71. The van der Waals surface area contributed by atoms with Crippen LogP contribution in [0.3, 0.4) is 0 Å². The second kappa shape index (κ2) is 4.58. The van der Waals surface area contributed by atoms with Gasteiger partial charge in [-0.05, 0) is 50.4 Å². The normalized spacial score (nSPS) is 11.2. The van der Waals surface area contributed by atoms with Crippen molar-refractivity contribution in [3.63, 3.8) is 0 Å². The van der Waals surface area contributed by atoms with Gasteiger partial charge in [-0.15, -0.1) is 0 Å². The summed E-state index contributed by atoms with van der Waals surface area (Å²) in [6, 6.07) is 4.18. The van der Waals surface area contributed by atoms with Crippen LogP contribution >= 0.6 is 0 Å². The molecule has 1 heterocycles. The largest absolute Gasteiger partial charge is 0.330 e. The van der Waals surface area contributed by atoms with E-state index in [0.717, 1.165) is 22.2 Å². The minimum Gasteiger partial charge on any atom is -0.330 e. The number of pyridine rings is 1. The standard InChI is InChI=1S/C15H20N2O/c1-9-5-6-10(2)14-13(9)11(3)12(7-8-16)15(18)17(14)4/h5-6H,7-8,16H2,1-4H3. The maximum absolute atomic E-state index is 12.4. The number of aryl methyl sites for hydroxylation is 4. The maximum Gasteiger partial charge on any atom is 0.254 e. The van der Waals surface area contributed by atoms with Crippen LogP contribution in [0.2, 0.25) is 0 Å². The lowest BCUT2D eigenvalue weighted by atomic mass is 9.96. The fourth-order valence-corrected chi connectivity index (χ4v) is 2.76. The van der Waals surface area contributed by atoms with Crippen LogP contribution in [-0.2, 0) is 13.5 Å². The zero-order valence-corrected chi connectivity index (χ0v) is 11.5. The first-order chi connectivity index (χ1) is 8.49. The van der Waals surface area contributed by atoms with E-state index in [-0.39, 0.29) is 5.56 Å². The summed E-state index contributed by atoms with van der Waals surface area (Å²) in [4.78, 5) is 12.4. The molecule has 0 atom stereocenters. The molecule has 0 fully saturated rings. The molecule has 1 aromatic heterocycles. The van der Waals surface area contributed by atoms with Crippen LogP contribution in [0.25, 0.3) is 10.9 Å². The summed E-state index contributed by atoms with van der Waals surface area (Å²) in [7, 11) is 1.84. The van der Waals surface area contributed by atoms with Crippen molar-refractivity contribution in [2.75, 3.05) is 6.54 Å². The first kappa shape index (κ1) is 12.8. The predicted molar refractivity (Wildman–Crippen MR) is 76.2 cm³/mol. The average molecular weight is 244 g/mol. The zero-order chi connectivity index (χ0) is 13.4. The van der Waals surface area contributed by atoms with Gasteiger partial charge in [0.15, 0.2) is 0 Å². The van der Waals surface area contributed by atoms with Gasteiger partial charge in [-0.2, -0.15) is 0 Å².